The number of hydrogen-bond donors (Lipinski definition) is 0. The maximum atomic E-state index is 12.5. The zero-order chi connectivity index (χ0) is 16.9. The van der Waals surface area contributed by atoms with Crippen LogP contribution in [-0.2, 0) is 17.6 Å². The highest BCUT2D eigenvalue weighted by atomic mass is 19.4. The molecule has 0 aliphatic heterocycles. The van der Waals surface area contributed by atoms with Crippen LogP contribution in [0.25, 0.3) is 0 Å². The molecule has 2 aromatic rings. The number of nitrogens with zero attached hydrogens (tertiary/aromatic N) is 1. The van der Waals surface area contributed by atoms with Crippen molar-refractivity contribution < 1.29 is 26.8 Å². The average molecular weight is 328 g/mol. The Morgan fingerprint density at radius 2 is 1.78 bits per heavy atom. The minimum Gasteiger partial charge on any atom is -0.390 e. The van der Waals surface area contributed by atoms with Crippen LogP contribution in [0.5, 0.6) is 0 Å². The van der Waals surface area contributed by atoms with Crippen molar-refractivity contribution in [3.8, 4) is 0 Å². The number of halogens is 5. The third kappa shape index (κ3) is 5.05. The molecule has 0 N–H and O–H groups in total. The SMILES string of the molecule is FC(F)c1cccc(/[C]=N\OCc2cccc(C(F)(F)F)c2)c1. The Balaban J connectivity index is 1.96. The Bertz CT molecular complexity index is 682. The van der Waals surface area contributed by atoms with Crippen LogP contribution in [0.3, 0.4) is 0 Å². The molecule has 2 rings (SSSR count). The fourth-order valence-electron chi connectivity index (χ4n) is 1.77. The lowest BCUT2D eigenvalue weighted by Crippen LogP contribution is -2.05. The van der Waals surface area contributed by atoms with E-state index in [1.54, 1.807) is 0 Å². The number of benzene rings is 2. The van der Waals surface area contributed by atoms with E-state index >= 15 is 0 Å². The molecule has 0 spiro atoms. The van der Waals surface area contributed by atoms with E-state index in [9.17, 15) is 22.0 Å². The van der Waals surface area contributed by atoms with Gasteiger partial charge >= 0.3 is 6.18 Å². The molecule has 0 bridgehead atoms. The van der Waals surface area contributed by atoms with Crippen molar-refractivity contribution in [2.24, 2.45) is 5.16 Å². The molecular formula is C16H11F5NO. The zero-order valence-corrected chi connectivity index (χ0v) is 11.6. The van der Waals surface area contributed by atoms with E-state index < -0.39 is 18.2 Å². The molecule has 23 heavy (non-hydrogen) atoms. The Morgan fingerprint density at radius 1 is 1.04 bits per heavy atom. The van der Waals surface area contributed by atoms with Crippen LogP contribution >= 0.6 is 0 Å². The Hall–Kier alpha value is -2.44. The normalized spacial score (nSPS) is 12.1. The van der Waals surface area contributed by atoms with Crippen LogP contribution in [0.1, 0.15) is 28.7 Å². The van der Waals surface area contributed by atoms with Crippen LogP contribution < -0.4 is 0 Å². The summed E-state index contributed by atoms with van der Waals surface area (Å²) in [5.41, 5.74) is -0.391. The minimum atomic E-state index is -4.43. The third-order valence-corrected chi connectivity index (χ3v) is 2.86. The monoisotopic (exact) mass is 328 g/mol. The molecule has 121 valence electrons. The number of rotatable bonds is 5. The van der Waals surface area contributed by atoms with Crippen molar-refractivity contribution in [3.63, 3.8) is 0 Å². The lowest BCUT2D eigenvalue weighted by Gasteiger charge is -2.07. The van der Waals surface area contributed by atoms with Crippen molar-refractivity contribution in [3.05, 3.63) is 70.8 Å². The van der Waals surface area contributed by atoms with Gasteiger partial charge in [0.25, 0.3) is 6.43 Å². The molecule has 1 radical (unpaired) electrons. The molecule has 2 aromatic carbocycles. The molecule has 0 atom stereocenters. The van der Waals surface area contributed by atoms with Gasteiger partial charge in [-0.05, 0) is 23.8 Å². The van der Waals surface area contributed by atoms with E-state index in [0.717, 1.165) is 12.1 Å². The maximum Gasteiger partial charge on any atom is 0.416 e. The van der Waals surface area contributed by atoms with Gasteiger partial charge in [-0.2, -0.15) is 13.2 Å². The van der Waals surface area contributed by atoms with Gasteiger partial charge in [0.05, 0.1) is 5.56 Å². The second kappa shape index (κ2) is 7.21. The van der Waals surface area contributed by atoms with Crippen LogP contribution in [-0.4, -0.2) is 6.21 Å². The highest BCUT2D eigenvalue weighted by Gasteiger charge is 2.30. The van der Waals surface area contributed by atoms with E-state index in [-0.39, 0.29) is 23.3 Å². The zero-order valence-electron chi connectivity index (χ0n) is 11.6. The summed E-state index contributed by atoms with van der Waals surface area (Å²) in [6, 6.07) is 10.0. The van der Waals surface area contributed by atoms with Gasteiger partial charge in [-0.15, -0.1) is 0 Å². The minimum absolute atomic E-state index is 0.178. The highest BCUT2D eigenvalue weighted by Crippen LogP contribution is 2.29. The Morgan fingerprint density at radius 3 is 2.48 bits per heavy atom. The van der Waals surface area contributed by atoms with Gasteiger partial charge in [0.2, 0.25) is 0 Å². The van der Waals surface area contributed by atoms with E-state index in [0.29, 0.717) is 0 Å². The van der Waals surface area contributed by atoms with Gasteiger partial charge in [-0.1, -0.05) is 35.5 Å². The lowest BCUT2D eigenvalue weighted by molar-refractivity contribution is -0.137. The highest BCUT2D eigenvalue weighted by molar-refractivity contribution is 5.79. The number of alkyl halides is 5. The van der Waals surface area contributed by atoms with Crippen molar-refractivity contribution in [1.29, 1.82) is 0 Å². The van der Waals surface area contributed by atoms with Crippen LogP contribution in [0.4, 0.5) is 22.0 Å². The molecule has 0 saturated carbocycles. The van der Waals surface area contributed by atoms with E-state index in [1.807, 2.05) is 0 Å². The van der Waals surface area contributed by atoms with Crippen molar-refractivity contribution >= 4 is 6.21 Å². The summed E-state index contributed by atoms with van der Waals surface area (Å²) in [4.78, 5) is 4.85. The van der Waals surface area contributed by atoms with E-state index in [1.165, 1.54) is 36.4 Å². The predicted molar refractivity (Wildman–Crippen MR) is 74.2 cm³/mol. The van der Waals surface area contributed by atoms with Crippen molar-refractivity contribution in [2.75, 3.05) is 0 Å². The summed E-state index contributed by atoms with van der Waals surface area (Å²) in [6.07, 6.45) is -4.64. The third-order valence-electron chi connectivity index (χ3n) is 2.86. The topological polar surface area (TPSA) is 21.6 Å². The second-order valence-corrected chi connectivity index (χ2v) is 4.60. The first kappa shape index (κ1) is 16.9. The first-order chi connectivity index (χ1) is 10.9. The molecule has 7 heteroatoms. The van der Waals surface area contributed by atoms with Gasteiger partial charge in [0.15, 0.2) is 0 Å². The largest absolute Gasteiger partial charge is 0.416 e. The summed E-state index contributed by atoms with van der Waals surface area (Å²) in [6.45, 7) is -0.189. The van der Waals surface area contributed by atoms with E-state index in [2.05, 4.69) is 11.4 Å². The van der Waals surface area contributed by atoms with Gasteiger partial charge < -0.3 is 4.84 Å². The first-order valence-electron chi connectivity index (χ1n) is 6.48. The quantitative estimate of drug-likeness (QED) is 0.426. The second-order valence-electron chi connectivity index (χ2n) is 4.60. The van der Waals surface area contributed by atoms with Crippen LogP contribution in [0.15, 0.2) is 53.7 Å². The molecule has 2 nitrogen and oxygen atoms in total. The smallest absolute Gasteiger partial charge is 0.390 e. The van der Waals surface area contributed by atoms with Gasteiger partial charge in [-0.25, -0.2) is 8.78 Å². The molecule has 0 heterocycles. The van der Waals surface area contributed by atoms with Crippen molar-refractivity contribution in [2.45, 2.75) is 19.2 Å². The predicted octanol–water partition coefficient (Wildman–Crippen LogP) is 5.07. The fourth-order valence-corrected chi connectivity index (χ4v) is 1.77. The van der Waals surface area contributed by atoms with Crippen molar-refractivity contribution in [1.82, 2.24) is 0 Å². The Kier molecular flexibility index (Phi) is 5.31. The molecule has 0 unspecified atom stereocenters. The lowest BCUT2D eigenvalue weighted by atomic mass is 10.1. The average Bonchev–Trinajstić information content (AvgIpc) is 2.51. The van der Waals surface area contributed by atoms with Gasteiger partial charge in [0, 0.05) is 11.1 Å². The summed E-state index contributed by atoms with van der Waals surface area (Å²) in [5, 5.41) is 3.45. The maximum absolute atomic E-state index is 12.5. The van der Waals surface area contributed by atoms with E-state index in [4.69, 9.17) is 4.84 Å². The summed E-state index contributed by atoms with van der Waals surface area (Å²) in [7, 11) is 0. The summed E-state index contributed by atoms with van der Waals surface area (Å²) in [5.74, 6) is 0. The summed E-state index contributed by atoms with van der Waals surface area (Å²) >= 11 is 0. The molecule has 0 aliphatic rings. The molecule has 0 aromatic heterocycles. The molecular weight excluding hydrogens is 317 g/mol. The van der Waals surface area contributed by atoms with Gasteiger partial charge in [-0.3, -0.25) is 0 Å². The first-order valence-corrected chi connectivity index (χ1v) is 6.48. The molecule has 0 saturated heterocycles. The van der Waals surface area contributed by atoms with Gasteiger partial charge in [0.1, 0.15) is 12.8 Å². The summed E-state index contributed by atoms with van der Waals surface area (Å²) < 4.78 is 62.6. The number of hydrogen-bond acceptors (Lipinski definition) is 2. The molecule has 0 aliphatic carbocycles. The molecule has 0 fully saturated rings. The van der Waals surface area contributed by atoms with Crippen LogP contribution in [0.2, 0.25) is 0 Å². The standard InChI is InChI=1S/C16H11F5NO/c17-15(18)13-5-1-3-11(7-13)9-22-23-10-12-4-2-6-14(8-12)16(19,20)21/h1-8,15H,10H2. The fraction of sp³-hybridized carbons (Fsp3) is 0.188. The Labute approximate surface area is 129 Å². The van der Waals surface area contributed by atoms with Crippen LogP contribution in [0, 0.1) is 0 Å². The molecule has 0 amide bonds.